The summed E-state index contributed by atoms with van der Waals surface area (Å²) in [6.45, 7) is 6.82. The van der Waals surface area contributed by atoms with Gasteiger partial charge in [-0.25, -0.2) is 4.79 Å². The maximum absolute atomic E-state index is 11.7. The number of ether oxygens (including phenoxy) is 1. The first kappa shape index (κ1) is 16.7. The van der Waals surface area contributed by atoms with Crippen molar-refractivity contribution in [2.24, 2.45) is 0 Å². The van der Waals surface area contributed by atoms with Crippen molar-refractivity contribution in [3.63, 3.8) is 0 Å². The molecule has 0 unspecified atom stereocenters. The second kappa shape index (κ2) is 7.40. The maximum Gasteiger partial charge on any atom is 0.410 e. The SMILES string of the molecule is CN(CCNSc1ccc(N)cc1)C(=O)OC(C)(C)C. The number of nitrogens with two attached hydrogens (primary N) is 1. The molecule has 0 heterocycles. The lowest BCUT2D eigenvalue weighted by Crippen LogP contribution is -2.37. The minimum atomic E-state index is -0.461. The first-order valence-corrected chi connectivity index (χ1v) is 7.29. The largest absolute Gasteiger partial charge is 0.444 e. The number of hydrogen-bond donors (Lipinski definition) is 2. The summed E-state index contributed by atoms with van der Waals surface area (Å²) < 4.78 is 8.46. The number of nitrogen functional groups attached to an aromatic ring is 1. The van der Waals surface area contributed by atoms with Crippen molar-refractivity contribution in [3.8, 4) is 0 Å². The van der Waals surface area contributed by atoms with E-state index in [2.05, 4.69) is 4.72 Å². The van der Waals surface area contributed by atoms with Gasteiger partial charge in [-0.1, -0.05) is 0 Å². The fourth-order valence-corrected chi connectivity index (χ4v) is 1.95. The third-order valence-corrected chi connectivity index (χ3v) is 3.18. The third-order valence-electron chi connectivity index (χ3n) is 2.32. The predicted molar refractivity (Wildman–Crippen MR) is 83.6 cm³/mol. The second-order valence-corrected chi connectivity index (χ2v) is 6.43. The fourth-order valence-electron chi connectivity index (χ4n) is 1.31. The highest BCUT2D eigenvalue weighted by Crippen LogP contribution is 2.15. The molecule has 112 valence electrons. The highest BCUT2D eigenvalue weighted by atomic mass is 32.2. The van der Waals surface area contributed by atoms with Crippen molar-refractivity contribution in [1.82, 2.24) is 9.62 Å². The number of carbonyl (C=O) groups is 1. The number of benzene rings is 1. The van der Waals surface area contributed by atoms with E-state index in [1.54, 1.807) is 11.9 Å². The van der Waals surface area contributed by atoms with Crippen LogP contribution in [0.3, 0.4) is 0 Å². The molecule has 1 aromatic rings. The van der Waals surface area contributed by atoms with Crippen LogP contribution in [-0.2, 0) is 4.74 Å². The molecule has 0 saturated heterocycles. The van der Waals surface area contributed by atoms with Gasteiger partial charge >= 0.3 is 6.09 Å². The van der Waals surface area contributed by atoms with Crippen LogP contribution in [0.15, 0.2) is 29.2 Å². The molecule has 0 bridgehead atoms. The minimum Gasteiger partial charge on any atom is -0.444 e. The van der Waals surface area contributed by atoms with Crippen LogP contribution in [0.25, 0.3) is 0 Å². The summed E-state index contributed by atoms with van der Waals surface area (Å²) in [4.78, 5) is 14.4. The molecule has 0 aliphatic rings. The van der Waals surface area contributed by atoms with Gasteiger partial charge in [-0.2, -0.15) is 0 Å². The van der Waals surface area contributed by atoms with Crippen LogP contribution in [-0.4, -0.2) is 36.7 Å². The normalized spacial score (nSPS) is 11.2. The predicted octanol–water partition coefficient (Wildman–Crippen LogP) is 2.73. The van der Waals surface area contributed by atoms with Crippen molar-refractivity contribution < 1.29 is 9.53 Å². The van der Waals surface area contributed by atoms with Crippen LogP contribution < -0.4 is 10.5 Å². The summed E-state index contributed by atoms with van der Waals surface area (Å²) in [6.07, 6.45) is -0.309. The van der Waals surface area contributed by atoms with E-state index in [9.17, 15) is 4.79 Å². The van der Waals surface area contributed by atoms with Crippen LogP contribution in [0.2, 0.25) is 0 Å². The Morgan fingerprint density at radius 1 is 1.35 bits per heavy atom. The zero-order valence-corrected chi connectivity index (χ0v) is 13.3. The molecule has 0 aromatic heterocycles. The lowest BCUT2D eigenvalue weighted by atomic mass is 10.2. The first-order valence-electron chi connectivity index (χ1n) is 6.47. The van der Waals surface area contributed by atoms with Crippen LogP contribution >= 0.6 is 11.9 Å². The minimum absolute atomic E-state index is 0.309. The zero-order valence-electron chi connectivity index (χ0n) is 12.5. The summed E-state index contributed by atoms with van der Waals surface area (Å²) in [5.74, 6) is 0. The summed E-state index contributed by atoms with van der Waals surface area (Å²) in [5.41, 5.74) is 5.91. The number of likely N-dealkylation sites (N-methyl/N-ethyl adjacent to an activating group) is 1. The summed E-state index contributed by atoms with van der Waals surface area (Å²) in [5, 5.41) is 0. The number of nitrogens with one attached hydrogen (secondary N) is 1. The summed E-state index contributed by atoms with van der Waals surface area (Å²) in [6, 6.07) is 7.61. The van der Waals surface area contributed by atoms with Gasteiger partial charge in [-0.15, -0.1) is 0 Å². The molecule has 0 spiro atoms. The molecule has 6 heteroatoms. The molecule has 0 atom stereocenters. The second-order valence-electron chi connectivity index (χ2n) is 5.47. The highest BCUT2D eigenvalue weighted by Gasteiger charge is 2.18. The van der Waals surface area contributed by atoms with Crippen molar-refractivity contribution in [3.05, 3.63) is 24.3 Å². The number of rotatable bonds is 5. The van der Waals surface area contributed by atoms with Gasteiger partial charge in [0.25, 0.3) is 0 Å². The quantitative estimate of drug-likeness (QED) is 0.497. The van der Waals surface area contributed by atoms with Crippen molar-refractivity contribution >= 4 is 23.7 Å². The van der Waals surface area contributed by atoms with Gasteiger partial charge in [0.2, 0.25) is 0 Å². The van der Waals surface area contributed by atoms with Gasteiger partial charge in [0.05, 0.1) is 0 Å². The van der Waals surface area contributed by atoms with Crippen molar-refractivity contribution in [1.29, 1.82) is 0 Å². The Bertz CT molecular complexity index is 429. The highest BCUT2D eigenvalue weighted by molar-refractivity contribution is 7.97. The fraction of sp³-hybridized carbons (Fsp3) is 0.500. The molecule has 3 N–H and O–H groups in total. The van der Waals surface area contributed by atoms with Crippen LogP contribution in [0, 0.1) is 0 Å². The molecule has 5 nitrogen and oxygen atoms in total. The van der Waals surface area contributed by atoms with Crippen LogP contribution in [0.4, 0.5) is 10.5 Å². The van der Waals surface area contributed by atoms with E-state index < -0.39 is 5.60 Å². The molecule has 0 radical (unpaired) electrons. The Kier molecular flexibility index (Phi) is 6.16. The van der Waals surface area contributed by atoms with E-state index in [0.717, 1.165) is 10.6 Å². The molecule has 0 fully saturated rings. The maximum atomic E-state index is 11.7. The summed E-state index contributed by atoms with van der Waals surface area (Å²) >= 11 is 1.51. The monoisotopic (exact) mass is 297 g/mol. The Hall–Kier alpha value is -1.40. The molecule has 0 aliphatic carbocycles. The molecule has 0 aliphatic heterocycles. The van der Waals surface area contributed by atoms with Gasteiger partial charge in [-0.3, -0.25) is 4.72 Å². The van der Waals surface area contributed by atoms with E-state index in [-0.39, 0.29) is 6.09 Å². The average Bonchev–Trinajstić information content (AvgIpc) is 2.34. The van der Waals surface area contributed by atoms with E-state index in [0.29, 0.717) is 13.1 Å². The van der Waals surface area contributed by atoms with Gasteiger partial charge < -0.3 is 15.4 Å². The Balaban J connectivity index is 2.23. The van der Waals surface area contributed by atoms with E-state index in [1.165, 1.54) is 11.9 Å². The molecular weight excluding hydrogens is 274 g/mol. The smallest absolute Gasteiger partial charge is 0.410 e. The van der Waals surface area contributed by atoms with E-state index >= 15 is 0 Å². The van der Waals surface area contributed by atoms with Gasteiger partial charge in [-0.05, 0) is 57.0 Å². The van der Waals surface area contributed by atoms with Crippen molar-refractivity contribution in [2.45, 2.75) is 31.3 Å². The lowest BCUT2D eigenvalue weighted by molar-refractivity contribution is 0.0302. The Morgan fingerprint density at radius 3 is 2.50 bits per heavy atom. The van der Waals surface area contributed by atoms with Crippen LogP contribution in [0.1, 0.15) is 20.8 Å². The first-order chi connectivity index (χ1) is 9.28. The molecule has 1 aromatic carbocycles. The molecule has 1 rings (SSSR count). The Labute approximate surface area is 125 Å². The topological polar surface area (TPSA) is 67.6 Å². The van der Waals surface area contributed by atoms with E-state index in [1.807, 2.05) is 45.0 Å². The molecule has 0 saturated carbocycles. The summed E-state index contributed by atoms with van der Waals surface area (Å²) in [7, 11) is 1.73. The Morgan fingerprint density at radius 2 is 1.95 bits per heavy atom. The third kappa shape index (κ3) is 6.68. The van der Waals surface area contributed by atoms with Gasteiger partial charge in [0.15, 0.2) is 0 Å². The molecular formula is C14H23N3O2S. The zero-order chi connectivity index (χ0) is 15.2. The molecule has 20 heavy (non-hydrogen) atoms. The number of amides is 1. The van der Waals surface area contributed by atoms with Crippen LogP contribution in [0.5, 0.6) is 0 Å². The number of hydrogen-bond acceptors (Lipinski definition) is 5. The van der Waals surface area contributed by atoms with Crippen molar-refractivity contribution in [2.75, 3.05) is 25.9 Å². The van der Waals surface area contributed by atoms with Gasteiger partial charge in [0.1, 0.15) is 5.60 Å². The lowest BCUT2D eigenvalue weighted by Gasteiger charge is -2.24. The number of anilines is 1. The number of nitrogens with zero attached hydrogens (tertiary/aromatic N) is 1. The van der Waals surface area contributed by atoms with E-state index in [4.69, 9.17) is 10.5 Å². The average molecular weight is 297 g/mol. The van der Waals surface area contributed by atoms with Gasteiger partial charge in [0, 0.05) is 30.7 Å². The molecule has 1 amide bonds. The standard InChI is InChI=1S/C14H23N3O2S/c1-14(2,3)19-13(18)17(4)10-9-16-20-12-7-5-11(15)6-8-12/h5-8,16H,9-10,15H2,1-4H3. The number of carbonyl (C=O) groups excluding carboxylic acids is 1.